The molecule has 0 amide bonds. The van der Waals surface area contributed by atoms with Crippen molar-refractivity contribution >= 4 is 30.7 Å². The molecule has 4 atom stereocenters. The summed E-state index contributed by atoms with van der Waals surface area (Å²) >= 11 is 0. The lowest BCUT2D eigenvalue weighted by Crippen LogP contribution is -2.45. The highest BCUT2D eigenvalue weighted by molar-refractivity contribution is 6.74. The summed E-state index contributed by atoms with van der Waals surface area (Å²) in [4.78, 5) is 13.6. The second-order valence-corrected chi connectivity index (χ2v) is 32.2. The Labute approximate surface area is 313 Å². The number of hydrogen-bond donors (Lipinski definition) is 0. The zero-order chi connectivity index (χ0) is 38.2. The van der Waals surface area contributed by atoms with E-state index in [1.54, 1.807) is 0 Å². The molecule has 0 aliphatic rings. The molecule has 0 saturated heterocycles. The van der Waals surface area contributed by atoms with Crippen LogP contribution in [-0.4, -0.2) is 55.7 Å². The summed E-state index contributed by atoms with van der Waals surface area (Å²) in [5.74, 6) is 0.532. The lowest BCUT2D eigenvalue weighted by Gasteiger charge is -2.40. The van der Waals surface area contributed by atoms with E-state index in [0.717, 1.165) is 43.8 Å². The molecule has 0 N–H and O–H groups in total. The van der Waals surface area contributed by atoms with Crippen molar-refractivity contribution in [3.05, 3.63) is 48.0 Å². The largest absolute Gasteiger partial charge is 0.417 e. The molecule has 0 heterocycles. The SMILES string of the molecule is CCCC[C@H](C)[C@@H](CC(=O)/C=C/C[C@@H](C[C@H](CCO[Si](C)(C)C(C)(C)C)OCc1ccccc1)O[Si](C)(C)C(C)(C)C)O[Si](CC)(CC)CC. The van der Waals surface area contributed by atoms with Crippen LogP contribution in [-0.2, 0) is 29.4 Å². The van der Waals surface area contributed by atoms with Crippen molar-refractivity contribution in [2.24, 2.45) is 5.92 Å². The molecule has 0 spiro atoms. The highest BCUT2D eigenvalue weighted by Crippen LogP contribution is 2.39. The van der Waals surface area contributed by atoms with Crippen LogP contribution in [0.5, 0.6) is 0 Å². The van der Waals surface area contributed by atoms with Crippen LogP contribution in [0.4, 0.5) is 0 Å². The molecule has 0 aliphatic carbocycles. The number of carbonyl (C=O) groups is 1. The highest BCUT2D eigenvalue weighted by Gasteiger charge is 2.40. The van der Waals surface area contributed by atoms with E-state index in [0.29, 0.717) is 32.0 Å². The van der Waals surface area contributed by atoms with Gasteiger partial charge in [0.2, 0.25) is 0 Å². The van der Waals surface area contributed by atoms with Gasteiger partial charge in [-0.2, -0.15) is 0 Å². The van der Waals surface area contributed by atoms with Gasteiger partial charge in [0.25, 0.3) is 0 Å². The zero-order valence-corrected chi connectivity index (χ0v) is 38.4. The van der Waals surface area contributed by atoms with E-state index in [1.165, 1.54) is 12.0 Å². The number of benzene rings is 1. The van der Waals surface area contributed by atoms with Crippen molar-refractivity contribution in [2.45, 2.75) is 200 Å². The van der Waals surface area contributed by atoms with Crippen molar-refractivity contribution in [2.75, 3.05) is 6.61 Å². The van der Waals surface area contributed by atoms with E-state index < -0.39 is 25.0 Å². The standard InChI is InChI=1S/C42H80O5Si3/c1-16-20-25-35(5)40(47-50(17-2,18-3)19-4)32-37(43)28-24-29-39(46-49(14,15)42(9,10)11)33-38(44-34-36-26-22-21-23-27-36)30-31-45-48(12,13)41(6,7)8/h21-24,26-28,35,38-40H,16-20,25,29-34H2,1-15H3/b28-24+/t35-,38-,39-,40+/m0/s1. The Kier molecular flexibility index (Phi) is 20.5. The Hall–Kier alpha value is -0.879. The topological polar surface area (TPSA) is 54.0 Å². The fraction of sp³-hybridized carbons (Fsp3) is 0.786. The van der Waals surface area contributed by atoms with Gasteiger partial charge in [0.05, 0.1) is 24.9 Å². The first-order valence-corrected chi connectivity index (χ1v) is 28.3. The van der Waals surface area contributed by atoms with Gasteiger partial charge in [-0.15, -0.1) is 0 Å². The summed E-state index contributed by atoms with van der Waals surface area (Å²) in [6.45, 7) is 35.6. The number of carbonyl (C=O) groups excluding carboxylic acids is 1. The third kappa shape index (κ3) is 16.4. The third-order valence-corrected chi connectivity index (χ3v) is 25.7. The minimum absolute atomic E-state index is 0.0128. The monoisotopic (exact) mass is 749 g/mol. The van der Waals surface area contributed by atoms with E-state index in [9.17, 15) is 4.79 Å². The van der Waals surface area contributed by atoms with E-state index in [4.69, 9.17) is 18.0 Å². The summed E-state index contributed by atoms with van der Waals surface area (Å²) in [6.07, 6.45) is 9.95. The number of allylic oxidation sites excluding steroid dienone is 1. The lowest BCUT2D eigenvalue weighted by atomic mass is 9.94. The molecule has 0 saturated carbocycles. The number of ketones is 1. The normalized spacial score (nSPS) is 16.1. The van der Waals surface area contributed by atoms with Crippen molar-refractivity contribution in [1.82, 2.24) is 0 Å². The van der Waals surface area contributed by atoms with Crippen LogP contribution in [0.3, 0.4) is 0 Å². The molecule has 0 radical (unpaired) electrons. The van der Waals surface area contributed by atoms with Gasteiger partial charge in [0.15, 0.2) is 30.7 Å². The lowest BCUT2D eigenvalue weighted by molar-refractivity contribution is -0.116. The van der Waals surface area contributed by atoms with Crippen molar-refractivity contribution < 1.29 is 22.8 Å². The quantitative estimate of drug-likeness (QED) is 0.0736. The molecule has 290 valence electrons. The second kappa shape index (κ2) is 21.7. The molecule has 1 aromatic carbocycles. The van der Waals surface area contributed by atoms with Gasteiger partial charge in [0, 0.05) is 13.0 Å². The van der Waals surface area contributed by atoms with Crippen molar-refractivity contribution in [3.8, 4) is 0 Å². The molecule has 0 aliphatic heterocycles. The molecule has 0 fully saturated rings. The number of rotatable bonds is 25. The van der Waals surface area contributed by atoms with Gasteiger partial charge in [-0.25, -0.2) is 0 Å². The van der Waals surface area contributed by atoms with Gasteiger partial charge in [-0.05, 0) is 97.6 Å². The molecule has 0 bridgehead atoms. The predicted octanol–water partition coefficient (Wildman–Crippen LogP) is 12.9. The van der Waals surface area contributed by atoms with Crippen LogP contribution in [0.15, 0.2) is 42.5 Å². The first-order valence-electron chi connectivity index (χ1n) is 20.0. The summed E-state index contributed by atoms with van der Waals surface area (Å²) < 4.78 is 27.3. The molecule has 1 rings (SSSR count). The average Bonchev–Trinajstić information content (AvgIpc) is 3.03. The summed E-state index contributed by atoms with van der Waals surface area (Å²) in [5, 5.41) is 0.230. The first kappa shape index (κ1) is 47.1. The van der Waals surface area contributed by atoms with Gasteiger partial charge < -0.3 is 18.0 Å². The summed E-state index contributed by atoms with van der Waals surface area (Å²) in [7, 11) is -5.82. The molecule has 8 heteroatoms. The Balaban J connectivity index is 3.25. The second-order valence-electron chi connectivity index (χ2n) is 17.9. The molecule has 5 nitrogen and oxygen atoms in total. The minimum atomic E-state index is -2.09. The Morgan fingerprint density at radius 1 is 0.800 bits per heavy atom. The van der Waals surface area contributed by atoms with E-state index in [2.05, 4.69) is 133 Å². The molecule has 50 heavy (non-hydrogen) atoms. The van der Waals surface area contributed by atoms with Crippen molar-refractivity contribution in [3.63, 3.8) is 0 Å². The average molecular weight is 749 g/mol. The number of ether oxygens (including phenoxy) is 1. The van der Waals surface area contributed by atoms with Crippen molar-refractivity contribution in [1.29, 1.82) is 0 Å². The third-order valence-electron chi connectivity index (χ3n) is 11.9. The van der Waals surface area contributed by atoms with E-state index in [-0.39, 0.29) is 34.2 Å². The van der Waals surface area contributed by atoms with E-state index >= 15 is 0 Å². The fourth-order valence-corrected chi connectivity index (χ4v) is 11.2. The first-order chi connectivity index (χ1) is 23.2. The van der Waals surface area contributed by atoms with Crippen LogP contribution in [0.25, 0.3) is 0 Å². The predicted molar refractivity (Wildman–Crippen MR) is 224 cm³/mol. The maximum Gasteiger partial charge on any atom is 0.192 e. The Bertz CT molecular complexity index is 1090. The van der Waals surface area contributed by atoms with E-state index in [1.807, 2.05) is 12.1 Å². The fourth-order valence-electron chi connectivity index (χ4n) is 5.81. The Morgan fingerprint density at radius 3 is 1.90 bits per heavy atom. The number of hydrogen-bond acceptors (Lipinski definition) is 5. The van der Waals surface area contributed by atoms with Gasteiger partial charge in [0.1, 0.15) is 0 Å². The molecule has 0 aromatic heterocycles. The van der Waals surface area contributed by atoms with Crippen LogP contribution in [0.2, 0.25) is 54.4 Å². The zero-order valence-electron chi connectivity index (χ0n) is 35.4. The van der Waals surface area contributed by atoms with Gasteiger partial charge >= 0.3 is 0 Å². The van der Waals surface area contributed by atoms with Gasteiger partial charge in [-0.3, -0.25) is 4.79 Å². The van der Waals surface area contributed by atoms with Crippen LogP contribution >= 0.6 is 0 Å². The summed E-state index contributed by atoms with van der Waals surface area (Å²) in [6, 6.07) is 13.7. The molecule has 1 aromatic rings. The number of unbranched alkanes of at least 4 members (excludes halogenated alkanes) is 1. The maximum atomic E-state index is 13.6. The van der Waals surface area contributed by atoms with Gasteiger partial charge in [-0.1, -0.05) is 125 Å². The Morgan fingerprint density at radius 2 is 1.38 bits per heavy atom. The van der Waals surface area contributed by atoms with Crippen LogP contribution < -0.4 is 0 Å². The van der Waals surface area contributed by atoms with Crippen LogP contribution in [0, 0.1) is 5.92 Å². The summed E-state index contributed by atoms with van der Waals surface area (Å²) in [5.41, 5.74) is 1.17. The highest BCUT2D eigenvalue weighted by atomic mass is 28.4. The molecule has 0 unspecified atom stereocenters. The molecular weight excluding hydrogens is 669 g/mol. The van der Waals surface area contributed by atoms with Crippen LogP contribution in [0.1, 0.15) is 127 Å². The maximum absolute atomic E-state index is 13.6. The molecular formula is C42H80O5Si3. The smallest absolute Gasteiger partial charge is 0.192 e. The minimum Gasteiger partial charge on any atom is -0.417 e.